The normalized spacial score (nSPS) is 10.4. The van der Waals surface area contributed by atoms with Gasteiger partial charge in [-0.25, -0.2) is 4.68 Å². The van der Waals surface area contributed by atoms with Gasteiger partial charge in [0.25, 0.3) is 5.56 Å². The first-order valence-electron chi connectivity index (χ1n) is 4.88. The van der Waals surface area contributed by atoms with Crippen molar-refractivity contribution in [2.45, 2.75) is 13.8 Å². The zero-order valence-electron chi connectivity index (χ0n) is 9.14. The van der Waals surface area contributed by atoms with E-state index in [9.17, 15) is 4.79 Å². The lowest BCUT2D eigenvalue weighted by Gasteiger charge is -2.06. The van der Waals surface area contributed by atoms with E-state index >= 15 is 0 Å². The van der Waals surface area contributed by atoms with E-state index in [1.165, 1.54) is 0 Å². The lowest BCUT2D eigenvalue weighted by molar-refractivity contribution is 0.773. The number of nitrogens with zero attached hydrogens (tertiary/aromatic N) is 3. The number of benzene rings is 1. The summed E-state index contributed by atoms with van der Waals surface area (Å²) in [5, 5.41) is 7.75. The van der Waals surface area contributed by atoms with Crippen molar-refractivity contribution in [2.75, 3.05) is 5.84 Å². The van der Waals surface area contributed by atoms with Crippen molar-refractivity contribution in [3.63, 3.8) is 0 Å². The molecule has 0 aliphatic carbocycles. The van der Waals surface area contributed by atoms with Crippen molar-refractivity contribution < 1.29 is 0 Å². The molecule has 0 saturated carbocycles. The number of hydrogen-bond acceptors (Lipinski definition) is 4. The molecular formula is C11H12N4O. The van der Waals surface area contributed by atoms with E-state index in [1.54, 1.807) is 6.92 Å². The third-order valence-corrected chi connectivity index (χ3v) is 2.46. The Kier molecular flexibility index (Phi) is 2.44. The highest BCUT2D eigenvalue weighted by atomic mass is 16.1. The first-order valence-corrected chi connectivity index (χ1v) is 4.88. The van der Waals surface area contributed by atoms with Gasteiger partial charge in [-0.1, -0.05) is 24.3 Å². The molecule has 0 radical (unpaired) electrons. The van der Waals surface area contributed by atoms with Crippen molar-refractivity contribution in [1.29, 1.82) is 0 Å². The first kappa shape index (κ1) is 10.4. The van der Waals surface area contributed by atoms with Gasteiger partial charge in [0, 0.05) is 5.56 Å². The van der Waals surface area contributed by atoms with Crippen molar-refractivity contribution >= 4 is 0 Å². The lowest BCUT2D eigenvalue weighted by Crippen LogP contribution is -2.32. The summed E-state index contributed by atoms with van der Waals surface area (Å²) in [5.74, 6) is 5.96. The summed E-state index contributed by atoms with van der Waals surface area (Å²) >= 11 is 0. The molecule has 0 amide bonds. The van der Waals surface area contributed by atoms with Crippen LogP contribution in [0.5, 0.6) is 0 Å². The van der Waals surface area contributed by atoms with Gasteiger partial charge < -0.3 is 5.84 Å². The maximum atomic E-state index is 11.9. The molecule has 5 nitrogen and oxygen atoms in total. The van der Waals surface area contributed by atoms with Crippen molar-refractivity contribution in [3.8, 4) is 11.3 Å². The van der Waals surface area contributed by atoms with Crippen LogP contribution in [-0.4, -0.2) is 14.9 Å². The van der Waals surface area contributed by atoms with Crippen LogP contribution in [0, 0.1) is 13.8 Å². The fourth-order valence-electron chi connectivity index (χ4n) is 1.48. The van der Waals surface area contributed by atoms with Gasteiger partial charge in [-0.2, -0.15) is 0 Å². The molecule has 5 heteroatoms. The minimum atomic E-state index is -0.332. The highest BCUT2D eigenvalue weighted by molar-refractivity contribution is 5.61. The van der Waals surface area contributed by atoms with Crippen LogP contribution in [0.25, 0.3) is 11.3 Å². The lowest BCUT2D eigenvalue weighted by atomic mass is 10.1. The third-order valence-electron chi connectivity index (χ3n) is 2.46. The van der Waals surface area contributed by atoms with E-state index in [0.717, 1.165) is 15.8 Å². The molecule has 0 unspecified atom stereocenters. The van der Waals surface area contributed by atoms with Gasteiger partial charge in [0.15, 0.2) is 11.5 Å². The first-order chi connectivity index (χ1) is 7.61. The molecule has 0 bridgehead atoms. The van der Waals surface area contributed by atoms with E-state index in [-0.39, 0.29) is 11.3 Å². The molecule has 16 heavy (non-hydrogen) atoms. The molecule has 0 fully saturated rings. The van der Waals surface area contributed by atoms with Gasteiger partial charge in [-0.05, 0) is 19.4 Å². The minimum absolute atomic E-state index is 0.284. The average molecular weight is 216 g/mol. The molecule has 0 saturated heterocycles. The molecular weight excluding hydrogens is 204 g/mol. The second kappa shape index (κ2) is 3.77. The molecule has 2 rings (SSSR count). The molecule has 1 heterocycles. The van der Waals surface area contributed by atoms with Crippen molar-refractivity contribution in [2.24, 2.45) is 0 Å². The number of nitrogen functional groups attached to an aromatic ring is 1. The molecule has 1 aromatic heterocycles. The zero-order valence-corrected chi connectivity index (χ0v) is 9.14. The summed E-state index contributed by atoms with van der Waals surface area (Å²) in [5.41, 5.74) is 1.69. The van der Waals surface area contributed by atoms with E-state index in [1.807, 2.05) is 31.2 Å². The molecule has 82 valence electrons. The third kappa shape index (κ3) is 1.56. The molecule has 2 N–H and O–H groups in total. The van der Waals surface area contributed by atoms with Crippen LogP contribution in [0.4, 0.5) is 0 Å². The second-order valence-electron chi connectivity index (χ2n) is 3.59. The van der Waals surface area contributed by atoms with Gasteiger partial charge in [0.2, 0.25) is 0 Å². The van der Waals surface area contributed by atoms with Gasteiger partial charge in [-0.3, -0.25) is 4.79 Å². The number of hydrogen-bond donors (Lipinski definition) is 1. The van der Waals surface area contributed by atoms with E-state index in [2.05, 4.69) is 10.2 Å². The van der Waals surface area contributed by atoms with Crippen LogP contribution in [0.2, 0.25) is 0 Å². The highest BCUT2D eigenvalue weighted by Gasteiger charge is 2.11. The Morgan fingerprint density at radius 3 is 2.56 bits per heavy atom. The van der Waals surface area contributed by atoms with Crippen LogP contribution < -0.4 is 11.4 Å². The fourth-order valence-corrected chi connectivity index (χ4v) is 1.48. The molecule has 0 atom stereocenters. The molecule has 0 aliphatic rings. The van der Waals surface area contributed by atoms with Gasteiger partial charge >= 0.3 is 0 Å². The standard InChI is InChI=1S/C11H12N4O/c1-7-5-3-4-6-9(7)10-11(16)15(12)8(2)13-14-10/h3-6H,12H2,1-2H3. The predicted molar refractivity (Wildman–Crippen MR) is 61.4 cm³/mol. The van der Waals surface area contributed by atoms with Crippen molar-refractivity contribution in [1.82, 2.24) is 14.9 Å². The summed E-state index contributed by atoms with van der Waals surface area (Å²) in [6, 6.07) is 7.50. The van der Waals surface area contributed by atoms with Crippen LogP contribution in [-0.2, 0) is 0 Å². The summed E-state index contributed by atoms with van der Waals surface area (Å²) in [4.78, 5) is 11.9. The molecule has 0 spiro atoms. The van der Waals surface area contributed by atoms with Gasteiger partial charge in [0.05, 0.1) is 0 Å². The van der Waals surface area contributed by atoms with Crippen LogP contribution in [0.3, 0.4) is 0 Å². The quantitative estimate of drug-likeness (QED) is 0.710. The Labute approximate surface area is 92.5 Å². The Hall–Kier alpha value is -2.17. The number of aromatic nitrogens is 3. The summed E-state index contributed by atoms with van der Waals surface area (Å²) in [7, 11) is 0. The molecule has 2 aromatic rings. The number of aryl methyl sites for hydroxylation is 2. The van der Waals surface area contributed by atoms with E-state index in [4.69, 9.17) is 5.84 Å². The second-order valence-corrected chi connectivity index (χ2v) is 3.59. The Balaban J connectivity index is 2.72. The maximum Gasteiger partial charge on any atom is 0.298 e. The summed E-state index contributed by atoms with van der Waals surface area (Å²) < 4.78 is 1.01. The topological polar surface area (TPSA) is 73.8 Å². The Bertz CT molecular complexity index is 589. The zero-order chi connectivity index (χ0) is 11.7. The van der Waals surface area contributed by atoms with Crippen LogP contribution in [0.15, 0.2) is 29.1 Å². The maximum absolute atomic E-state index is 11.9. The molecule has 0 aliphatic heterocycles. The van der Waals surface area contributed by atoms with Gasteiger partial charge in [0.1, 0.15) is 0 Å². The SMILES string of the molecule is Cc1ccccc1-c1nnc(C)n(N)c1=O. The summed E-state index contributed by atoms with van der Waals surface area (Å²) in [6.07, 6.45) is 0. The Morgan fingerprint density at radius 2 is 1.88 bits per heavy atom. The van der Waals surface area contributed by atoms with E-state index < -0.39 is 0 Å². The summed E-state index contributed by atoms with van der Waals surface area (Å²) in [6.45, 7) is 3.55. The average Bonchev–Trinajstić information content (AvgIpc) is 2.28. The largest absolute Gasteiger partial charge is 0.335 e. The minimum Gasteiger partial charge on any atom is -0.335 e. The van der Waals surface area contributed by atoms with Crippen molar-refractivity contribution in [3.05, 3.63) is 46.0 Å². The van der Waals surface area contributed by atoms with Crippen LogP contribution >= 0.6 is 0 Å². The smallest absolute Gasteiger partial charge is 0.298 e. The monoisotopic (exact) mass is 216 g/mol. The number of nitrogens with two attached hydrogens (primary N) is 1. The predicted octanol–water partition coefficient (Wildman–Crippen LogP) is 0.636. The van der Waals surface area contributed by atoms with Crippen LogP contribution in [0.1, 0.15) is 11.4 Å². The highest BCUT2D eigenvalue weighted by Crippen LogP contribution is 2.16. The van der Waals surface area contributed by atoms with Gasteiger partial charge in [-0.15, -0.1) is 10.2 Å². The Morgan fingerprint density at radius 1 is 1.19 bits per heavy atom. The molecule has 1 aromatic carbocycles. The van der Waals surface area contributed by atoms with E-state index in [0.29, 0.717) is 5.82 Å². The fraction of sp³-hybridized carbons (Fsp3) is 0.182. The number of rotatable bonds is 1.